The van der Waals surface area contributed by atoms with E-state index in [1.165, 1.54) is 12.0 Å². The zero-order valence-electron chi connectivity index (χ0n) is 11.9. The van der Waals surface area contributed by atoms with Gasteiger partial charge in [0.15, 0.2) is 0 Å². The number of hydrogen-bond acceptors (Lipinski definition) is 2. The SMILES string of the molecule is CCc1ccc(C(C)(O)C2(C#N)CCCCC2)cc1. The molecule has 0 aliphatic heterocycles. The topological polar surface area (TPSA) is 44.0 Å². The fourth-order valence-corrected chi connectivity index (χ4v) is 3.20. The van der Waals surface area contributed by atoms with E-state index in [2.05, 4.69) is 25.1 Å². The Kier molecular flexibility index (Phi) is 3.96. The van der Waals surface area contributed by atoms with Crippen LogP contribution in [-0.4, -0.2) is 5.11 Å². The quantitative estimate of drug-likeness (QED) is 0.891. The minimum Gasteiger partial charge on any atom is -0.384 e. The molecule has 1 atom stereocenters. The van der Waals surface area contributed by atoms with Crippen molar-refractivity contribution in [1.29, 1.82) is 5.26 Å². The maximum Gasteiger partial charge on any atom is 0.105 e. The van der Waals surface area contributed by atoms with Crippen molar-refractivity contribution in [2.45, 2.75) is 58.0 Å². The number of rotatable bonds is 3. The third-order valence-electron chi connectivity index (χ3n) is 4.78. The van der Waals surface area contributed by atoms with Crippen molar-refractivity contribution < 1.29 is 5.11 Å². The molecule has 2 heteroatoms. The molecule has 1 fully saturated rings. The maximum absolute atomic E-state index is 11.0. The van der Waals surface area contributed by atoms with Gasteiger partial charge in [0, 0.05) is 0 Å². The van der Waals surface area contributed by atoms with Crippen LogP contribution in [0.1, 0.15) is 57.1 Å². The largest absolute Gasteiger partial charge is 0.384 e. The lowest BCUT2D eigenvalue weighted by Gasteiger charge is -2.43. The van der Waals surface area contributed by atoms with Crippen LogP contribution in [0.2, 0.25) is 0 Å². The first-order valence-electron chi connectivity index (χ1n) is 7.29. The first-order valence-corrected chi connectivity index (χ1v) is 7.29. The number of aliphatic hydroxyl groups is 1. The lowest BCUT2D eigenvalue weighted by Crippen LogP contribution is -2.44. The van der Waals surface area contributed by atoms with Crippen LogP contribution >= 0.6 is 0 Å². The van der Waals surface area contributed by atoms with E-state index in [9.17, 15) is 10.4 Å². The Morgan fingerprint density at radius 1 is 1.21 bits per heavy atom. The Bertz CT molecular complexity index is 461. The second kappa shape index (κ2) is 5.35. The van der Waals surface area contributed by atoms with E-state index >= 15 is 0 Å². The number of nitriles is 1. The summed E-state index contributed by atoms with van der Waals surface area (Å²) in [6.07, 6.45) is 5.84. The molecule has 102 valence electrons. The van der Waals surface area contributed by atoms with Crippen LogP contribution in [0.4, 0.5) is 0 Å². The van der Waals surface area contributed by atoms with Gasteiger partial charge in [-0.25, -0.2) is 0 Å². The Hall–Kier alpha value is -1.33. The normalized spacial score (nSPS) is 21.4. The van der Waals surface area contributed by atoms with Crippen molar-refractivity contribution in [1.82, 2.24) is 0 Å². The third-order valence-corrected chi connectivity index (χ3v) is 4.78. The first-order chi connectivity index (χ1) is 9.05. The zero-order chi connectivity index (χ0) is 13.9. The summed E-state index contributed by atoms with van der Waals surface area (Å²) in [5, 5.41) is 20.6. The molecule has 0 saturated heterocycles. The van der Waals surface area contributed by atoms with Crippen molar-refractivity contribution in [3.63, 3.8) is 0 Å². The third kappa shape index (κ3) is 2.40. The molecule has 1 N–H and O–H groups in total. The molecule has 0 amide bonds. The van der Waals surface area contributed by atoms with Crippen molar-refractivity contribution in [2.75, 3.05) is 0 Å². The number of aryl methyl sites for hydroxylation is 1. The highest BCUT2D eigenvalue weighted by molar-refractivity contribution is 5.31. The molecule has 0 radical (unpaired) electrons. The minimum absolute atomic E-state index is 0.626. The molecule has 0 bridgehead atoms. The highest BCUT2D eigenvalue weighted by Gasteiger charge is 2.49. The summed E-state index contributed by atoms with van der Waals surface area (Å²) in [5.74, 6) is 0. The molecule has 1 aromatic rings. The van der Waals surface area contributed by atoms with Gasteiger partial charge in [-0.15, -0.1) is 0 Å². The second-order valence-corrected chi connectivity index (χ2v) is 5.88. The summed E-state index contributed by atoms with van der Waals surface area (Å²) in [6, 6.07) is 10.5. The molecule has 1 aromatic carbocycles. The predicted octanol–water partition coefficient (Wildman–Crippen LogP) is 3.93. The molecule has 0 heterocycles. The summed E-state index contributed by atoms with van der Waals surface area (Å²) in [4.78, 5) is 0. The molecule has 2 rings (SSSR count). The smallest absolute Gasteiger partial charge is 0.105 e. The van der Waals surface area contributed by atoms with Crippen LogP contribution in [0.5, 0.6) is 0 Å². The Balaban J connectivity index is 2.36. The van der Waals surface area contributed by atoms with Gasteiger partial charge >= 0.3 is 0 Å². The maximum atomic E-state index is 11.0. The second-order valence-electron chi connectivity index (χ2n) is 5.88. The van der Waals surface area contributed by atoms with Crippen LogP contribution in [0.3, 0.4) is 0 Å². The van der Waals surface area contributed by atoms with Gasteiger partial charge < -0.3 is 5.11 Å². The van der Waals surface area contributed by atoms with E-state index < -0.39 is 11.0 Å². The monoisotopic (exact) mass is 257 g/mol. The van der Waals surface area contributed by atoms with E-state index in [0.29, 0.717) is 0 Å². The van der Waals surface area contributed by atoms with Gasteiger partial charge in [0.2, 0.25) is 0 Å². The van der Waals surface area contributed by atoms with E-state index in [1.807, 2.05) is 19.1 Å². The van der Waals surface area contributed by atoms with Gasteiger partial charge in [0.25, 0.3) is 0 Å². The highest BCUT2D eigenvalue weighted by atomic mass is 16.3. The number of hydrogen-bond donors (Lipinski definition) is 1. The molecule has 1 saturated carbocycles. The summed E-state index contributed by atoms with van der Waals surface area (Å²) in [6.45, 7) is 3.92. The highest BCUT2D eigenvalue weighted by Crippen LogP contribution is 2.49. The predicted molar refractivity (Wildman–Crippen MR) is 76.5 cm³/mol. The Labute approximate surface area is 116 Å². The number of benzene rings is 1. The van der Waals surface area contributed by atoms with Crippen molar-refractivity contribution >= 4 is 0 Å². The van der Waals surface area contributed by atoms with Gasteiger partial charge in [-0.1, -0.05) is 50.5 Å². The van der Waals surface area contributed by atoms with Gasteiger partial charge in [0.05, 0.1) is 11.5 Å². The summed E-state index contributed by atoms with van der Waals surface area (Å²) in [5.41, 5.74) is 0.440. The molecular weight excluding hydrogens is 234 g/mol. The van der Waals surface area contributed by atoms with Crippen LogP contribution in [0.25, 0.3) is 0 Å². The summed E-state index contributed by atoms with van der Waals surface area (Å²) < 4.78 is 0. The molecule has 19 heavy (non-hydrogen) atoms. The minimum atomic E-state index is -1.06. The van der Waals surface area contributed by atoms with Crippen LogP contribution in [0, 0.1) is 16.7 Å². The lowest BCUT2D eigenvalue weighted by molar-refractivity contribution is -0.0634. The standard InChI is InChI=1S/C17H23NO/c1-3-14-7-9-15(10-8-14)16(2,19)17(13-18)11-5-4-6-12-17/h7-10,19H,3-6,11-12H2,1-2H3. The van der Waals surface area contributed by atoms with Crippen LogP contribution < -0.4 is 0 Å². The van der Waals surface area contributed by atoms with Gasteiger partial charge in [0.1, 0.15) is 5.60 Å². The van der Waals surface area contributed by atoms with E-state index in [1.54, 1.807) is 0 Å². The van der Waals surface area contributed by atoms with Crippen LogP contribution in [-0.2, 0) is 12.0 Å². The molecule has 2 nitrogen and oxygen atoms in total. The molecule has 0 aromatic heterocycles. The lowest BCUT2D eigenvalue weighted by atomic mass is 9.62. The van der Waals surface area contributed by atoms with Gasteiger partial charge in [-0.05, 0) is 37.3 Å². The fourth-order valence-electron chi connectivity index (χ4n) is 3.20. The van der Waals surface area contributed by atoms with E-state index in [0.717, 1.165) is 37.7 Å². The Morgan fingerprint density at radius 3 is 2.26 bits per heavy atom. The average Bonchev–Trinajstić information content (AvgIpc) is 2.47. The van der Waals surface area contributed by atoms with E-state index in [-0.39, 0.29) is 0 Å². The summed E-state index contributed by atoms with van der Waals surface area (Å²) in [7, 11) is 0. The van der Waals surface area contributed by atoms with E-state index in [4.69, 9.17) is 0 Å². The number of nitrogens with zero attached hydrogens (tertiary/aromatic N) is 1. The van der Waals surface area contributed by atoms with Gasteiger partial charge in [-0.2, -0.15) is 5.26 Å². The Morgan fingerprint density at radius 2 is 1.79 bits per heavy atom. The molecular formula is C17H23NO. The zero-order valence-corrected chi connectivity index (χ0v) is 11.9. The van der Waals surface area contributed by atoms with Crippen LogP contribution in [0.15, 0.2) is 24.3 Å². The molecule has 1 aliphatic carbocycles. The molecule has 0 spiro atoms. The average molecular weight is 257 g/mol. The first kappa shape index (κ1) is 14.1. The van der Waals surface area contributed by atoms with Crippen molar-refractivity contribution in [2.24, 2.45) is 5.41 Å². The molecule has 1 unspecified atom stereocenters. The summed E-state index contributed by atoms with van der Waals surface area (Å²) >= 11 is 0. The van der Waals surface area contributed by atoms with Gasteiger partial charge in [-0.3, -0.25) is 0 Å². The fraction of sp³-hybridized carbons (Fsp3) is 0.588. The molecule has 1 aliphatic rings. The van der Waals surface area contributed by atoms with Crippen molar-refractivity contribution in [3.05, 3.63) is 35.4 Å². The van der Waals surface area contributed by atoms with Crippen molar-refractivity contribution in [3.8, 4) is 6.07 Å².